The minimum absolute atomic E-state index is 0.674. The number of pyridine rings is 1. The van der Waals surface area contributed by atoms with Crippen LogP contribution in [0, 0.1) is 5.92 Å². The summed E-state index contributed by atoms with van der Waals surface area (Å²) in [6, 6.07) is 4.55. The van der Waals surface area contributed by atoms with Crippen LogP contribution in [0.2, 0.25) is 5.02 Å². The summed E-state index contributed by atoms with van der Waals surface area (Å²) in [6.45, 7) is 7.02. The van der Waals surface area contributed by atoms with Crippen LogP contribution in [0.15, 0.2) is 24.5 Å². The molecule has 3 heterocycles. The minimum atomic E-state index is 0.674. The molecule has 1 saturated heterocycles. The van der Waals surface area contributed by atoms with Crippen molar-refractivity contribution in [3.8, 4) is 0 Å². The van der Waals surface area contributed by atoms with E-state index in [0.717, 1.165) is 23.0 Å². The molecule has 0 spiro atoms. The molecule has 1 aliphatic heterocycles. The number of hydrogen-bond acceptors (Lipinski definition) is 2. The van der Waals surface area contributed by atoms with Crippen LogP contribution in [0.25, 0.3) is 5.65 Å². The van der Waals surface area contributed by atoms with Gasteiger partial charge >= 0.3 is 0 Å². The molecule has 1 fully saturated rings. The van der Waals surface area contributed by atoms with Crippen molar-refractivity contribution < 1.29 is 0 Å². The molecule has 2 aromatic heterocycles. The first kappa shape index (κ1) is 13.9. The maximum absolute atomic E-state index is 6.01. The van der Waals surface area contributed by atoms with Gasteiger partial charge in [0, 0.05) is 18.4 Å². The highest BCUT2D eigenvalue weighted by Gasteiger charge is 2.21. The van der Waals surface area contributed by atoms with E-state index in [1.54, 1.807) is 0 Å². The van der Waals surface area contributed by atoms with Crippen LogP contribution in [0.3, 0.4) is 0 Å². The Labute approximate surface area is 125 Å². The van der Waals surface area contributed by atoms with Gasteiger partial charge in [0.05, 0.1) is 10.7 Å². The van der Waals surface area contributed by atoms with Crippen LogP contribution in [0.4, 0.5) is 0 Å². The second-order valence-electron chi connectivity index (χ2n) is 6.12. The highest BCUT2D eigenvalue weighted by molar-refractivity contribution is 6.30. The molecule has 0 amide bonds. The van der Waals surface area contributed by atoms with Gasteiger partial charge < -0.3 is 9.30 Å². The van der Waals surface area contributed by atoms with Gasteiger partial charge in [0.25, 0.3) is 0 Å². The highest BCUT2D eigenvalue weighted by atomic mass is 35.5. The molecule has 0 unspecified atom stereocenters. The Bertz CT molecular complexity index is 582. The Morgan fingerprint density at radius 3 is 2.70 bits per heavy atom. The Kier molecular flexibility index (Phi) is 3.99. The zero-order valence-corrected chi connectivity index (χ0v) is 13.0. The SMILES string of the molecule is CC(C)N1CCC(Cc2cn3cc(Cl)ccc3n2)CC1. The lowest BCUT2D eigenvalue weighted by Gasteiger charge is -2.34. The smallest absolute Gasteiger partial charge is 0.137 e. The van der Waals surface area contributed by atoms with Crippen molar-refractivity contribution in [2.45, 2.75) is 39.2 Å². The summed E-state index contributed by atoms with van der Waals surface area (Å²) < 4.78 is 2.03. The predicted molar refractivity (Wildman–Crippen MR) is 83.3 cm³/mol. The van der Waals surface area contributed by atoms with E-state index in [1.807, 2.05) is 22.7 Å². The Morgan fingerprint density at radius 2 is 2.00 bits per heavy atom. The van der Waals surface area contributed by atoms with E-state index in [1.165, 1.54) is 31.6 Å². The molecule has 108 valence electrons. The second kappa shape index (κ2) is 5.74. The van der Waals surface area contributed by atoms with E-state index in [2.05, 4.69) is 24.9 Å². The number of rotatable bonds is 3. The highest BCUT2D eigenvalue weighted by Crippen LogP contribution is 2.23. The lowest BCUT2D eigenvalue weighted by Crippen LogP contribution is -2.38. The molecule has 2 aromatic rings. The van der Waals surface area contributed by atoms with E-state index in [0.29, 0.717) is 6.04 Å². The number of imidazole rings is 1. The van der Waals surface area contributed by atoms with E-state index in [9.17, 15) is 0 Å². The maximum Gasteiger partial charge on any atom is 0.137 e. The third-order valence-corrected chi connectivity index (χ3v) is 4.57. The maximum atomic E-state index is 6.01. The Hall–Kier alpha value is -1.06. The van der Waals surface area contributed by atoms with Crippen molar-refractivity contribution in [3.05, 3.63) is 35.2 Å². The van der Waals surface area contributed by atoms with Crippen LogP contribution in [-0.4, -0.2) is 33.4 Å². The number of aromatic nitrogens is 2. The number of nitrogens with zero attached hydrogens (tertiary/aromatic N) is 3. The number of hydrogen-bond donors (Lipinski definition) is 0. The number of likely N-dealkylation sites (tertiary alicyclic amines) is 1. The van der Waals surface area contributed by atoms with Gasteiger partial charge in [-0.25, -0.2) is 4.98 Å². The lowest BCUT2D eigenvalue weighted by atomic mass is 9.92. The van der Waals surface area contributed by atoms with Crippen molar-refractivity contribution >= 4 is 17.2 Å². The van der Waals surface area contributed by atoms with Crippen molar-refractivity contribution in [2.75, 3.05) is 13.1 Å². The molecule has 20 heavy (non-hydrogen) atoms. The lowest BCUT2D eigenvalue weighted by molar-refractivity contribution is 0.149. The standard InChI is InChI=1S/C16H22ClN3/c1-12(2)19-7-5-13(6-8-19)9-15-11-20-10-14(17)3-4-16(20)18-15/h3-4,10-13H,5-9H2,1-2H3. The largest absolute Gasteiger partial charge is 0.305 e. The summed E-state index contributed by atoms with van der Waals surface area (Å²) in [5, 5.41) is 0.756. The third kappa shape index (κ3) is 2.99. The number of fused-ring (bicyclic) bond motifs is 1. The van der Waals surface area contributed by atoms with Gasteiger partial charge in [-0.15, -0.1) is 0 Å². The van der Waals surface area contributed by atoms with Gasteiger partial charge in [-0.1, -0.05) is 11.6 Å². The molecule has 0 N–H and O–H groups in total. The van der Waals surface area contributed by atoms with Gasteiger partial charge in [-0.3, -0.25) is 0 Å². The fraction of sp³-hybridized carbons (Fsp3) is 0.562. The summed E-state index contributed by atoms with van der Waals surface area (Å²) in [5.74, 6) is 0.769. The van der Waals surface area contributed by atoms with Crippen LogP contribution >= 0.6 is 11.6 Å². The van der Waals surface area contributed by atoms with Gasteiger partial charge in [-0.05, 0) is 64.3 Å². The Balaban J connectivity index is 1.65. The summed E-state index contributed by atoms with van der Waals surface area (Å²) in [5.41, 5.74) is 2.18. The average Bonchev–Trinajstić information content (AvgIpc) is 2.80. The predicted octanol–water partition coefficient (Wildman–Crippen LogP) is 3.65. The van der Waals surface area contributed by atoms with E-state index < -0.39 is 0 Å². The molecular formula is C16H22ClN3. The zero-order valence-electron chi connectivity index (χ0n) is 12.2. The molecule has 3 nitrogen and oxygen atoms in total. The van der Waals surface area contributed by atoms with Crippen LogP contribution < -0.4 is 0 Å². The number of halogens is 1. The molecule has 0 bridgehead atoms. The third-order valence-electron chi connectivity index (χ3n) is 4.34. The first-order valence-corrected chi connectivity index (χ1v) is 7.87. The summed E-state index contributed by atoms with van der Waals surface area (Å²) in [4.78, 5) is 7.26. The van der Waals surface area contributed by atoms with Crippen LogP contribution in [0.5, 0.6) is 0 Å². The molecule has 0 saturated carbocycles. The van der Waals surface area contributed by atoms with Crippen molar-refractivity contribution in [3.63, 3.8) is 0 Å². The molecule has 1 aliphatic rings. The van der Waals surface area contributed by atoms with Crippen molar-refractivity contribution in [1.29, 1.82) is 0 Å². The monoisotopic (exact) mass is 291 g/mol. The molecule has 0 aliphatic carbocycles. The van der Waals surface area contributed by atoms with Gasteiger partial charge in [0.2, 0.25) is 0 Å². The van der Waals surface area contributed by atoms with E-state index in [-0.39, 0.29) is 0 Å². The molecule has 0 atom stereocenters. The zero-order chi connectivity index (χ0) is 14.1. The Morgan fingerprint density at radius 1 is 1.25 bits per heavy atom. The first-order valence-electron chi connectivity index (χ1n) is 7.49. The molecule has 4 heteroatoms. The minimum Gasteiger partial charge on any atom is -0.305 e. The topological polar surface area (TPSA) is 20.5 Å². The van der Waals surface area contributed by atoms with Gasteiger partial charge in [0.1, 0.15) is 5.65 Å². The summed E-state index contributed by atoms with van der Waals surface area (Å²) >= 11 is 6.01. The van der Waals surface area contributed by atoms with E-state index in [4.69, 9.17) is 16.6 Å². The average molecular weight is 292 g/mol. The second-order valence-corrected chi connectivity index (χ2v) is 6.56. The first-order chi connectivity index (χ1) is 9.61. The van der Waals surface area contributed by atoms with Gasteiger partial charge in [0.15, 0.2) is 0 Å². The molecular weight excluding hydrogens is 270 g/mol. The molecule has 0 aromatic carbocycles. The van der Waals surface area contributed by atoms with Crippen LogP contribution in [-0.2, 0) is 6.42 Å². The molecule has 3 rings (SSSR count). The molecule has 0 radical (unpaired) electrons. The van der Waals surface area contributed by atoms with Gasteiger partial charge in [-0.2, -0.15) is 0 Å². The quantitative estimate of drug-likeness (QED) is 0.860. The van der Waals surface area contributed by atoms with E-state index >= 15 is 0 Å². The van der Waals surface area contributed by atoms with Crippen molar-refractivity contribution in [2.24, 2.45) is 5.92 Å². The fourth-order valence-corrected chi connectivity index (χ4v) is 3.25. The van der Waals surface area contributed by atoms with Crippen LogP contribution in [0.1, 0.15) is 32.4 Å². The van der Waals surface area contributed by atoms with Crippen molar-refractivity contribution in [1.82, 2.24) is 14.3 Å². The normalized spacial score (nSPS) is 18.2. The summed E-state index contributed by atoms with van der Waals surface area (Å²) in [7, 11) is 0. The summed E-state index contributed by atoms with van der Waals surface area (Å²) in [6.07, 6.45) is 7.70. The fourth-order valence-electron chi connectivity index (χ4n) is 3.08. The number of piperidine rings is 1.